The van der Waals surface area contributed by atoms with E-state index in [0.29, 0.717) is 22.8 Å². The van der Waals surface area contributed by atoms with Crippen LogP contribution in [-0.2, 0) is 0 Å². The molecule has 4 nitrogen and oxygen atoms in total. The third-order valence-electron chi connectivity index (χ3n) is 3.08. The molecule has 2 rings (SSSR count). The summed E-state index contributed by atoms with van der Waals surface area (Å²) in [4.78, 5) is 12.3. The third kappa shape index (κ3) is 3.53. The lowest BCUT2D eigenvalue weighted by atomic mass is 10.1. The molecule has 1 aromatic carbocycles. The van der Waals surface area contributed by atoms with Crippen molar-refractivity contribution in [1.82, 2.24) is 0 Å². The minimum absolute atomic E-state index is 0.191. The Morgan fingerprint density at radius 2 is 2.05 bits per heavy atom. The Morgan fingerprint density at radius 1 is 1.29 bits per heavy atom. The van der Waals surface area contributed by atoms with Crippen molar-refractivity contribution in [3.8, 4) is 11.8 Å². The number of carbonyl (C=O) groups is 1. The average molecular weight is 283 g/mol. The van der Waals surface area contributed by atoms with Crippen LogP contribution in [0.15, 0.2) is 28.7 Å². The number of anilines is 1. The van der Waals surface area contributed by atoms with Gasteiger partial charge >= 0.3 is 0 Å². The van der Waals surface area contributed by atoms with E-state index < -0.39 is 0 Å². The number of hydrogen-bond acceptors (Lipinski definition) is 3. The Balaban J connectivity index is 2.26. The molecule has 0 aliphatic heterocycles. The maximum Gasteiger partial charge on any atom is 0.259 e. The first kappa shape index (κ1) is 14.9. The molecule has 4 heteroatoms. The van der Waals surface area contributed by atoms with Crippen LogP contribution in [0.3, 0.4) is 0 Å². The number of benzene rings is 1. The molecule has 0 bridgehead atoms. The van der Waals surface area contributed by atoms with Crippen LogP contribution in [0, 0.1) is 32.6 Å². The van der Waals surface area contributed by atoms with Gasteiger partial charge in [0.05, 0.1) is 5.56 Å². The topological polar surface area (TPSA) is 62.5 Å². The Morgan fingerprint density at radius 3 is 2.67 bits per heavy atom. The first-order valence-corrected chi connectivity index (χ1v) is 6.60. The fraction of sp³-hybridized carbons (Fsp3) is 0.235. The Kier molecular flexibility index (Phi) is 4.46. The SMILES string of the molecule is Cc1cc(C(=O)Nc2cc(C#CCO)ccc2C)c(C)o1. The minimum atomic E-state index is -0.209. The Hall–Kier alpha value is -2.51. The molecule has 0 aliphatic rings. The van der Waals surface area contributed by atoms with Crippen molar-refractivity contribution in [3.05, 3.63) is 52.5 Å². The van der Waals surface area contributed by atoms with E-state index in [1.54, 1.807) is 26.0 Å². The van der Waals surface area contributed by atoms with Crippen molar-refractivity contribution in [2.45, 2.75) is 20.8 Å². The summed E-state index contributed by atoms with van der Waals surface area (Å²) in [5, 5.41) is 11.6. The zero-order valence-corrected chi connectivity index (χ0v) is 12.3. The van der Waals surface area contributed by atoms with E-state index in [1.165, 1.54) is 0 Å². The summed E-state index contributed by atoms with van der Waals surface area (Å²) in [6, 6.07) is 7.24. The van der Waals surface area contributed by atoms with Crippen molar-refractivity contribution in [2.75, 3.05) is 11.9 Å². The number of hydrogen-bond donors (Lipinski definition) is 2. The van der Waals surface area contributed by atoms with Gasteiger partial charge in [-0.05, 0) is 44.5 Å². The van der Waals surface area contributed by atoms with E-state index in [-0.39, 0.29) is 12.5 Å². The highest BCUT2D eigenvalue weighted by Gasteiger charge is 2.14. The Labute approximate surface area is 123 Å². The van der Waals surface area contributed by atoms with Crippen LogP contribution in [-0.4, -0.2) is 17.6 Å². The molecule has 0 saturated carbocycles. The van der Waals surface area contributed by atoms with Gasteiger partial charge in [0.2, 0.25) is 0 Å². The standard InChI is InChI=1S/C17H17NO3/c1-11-6-7-14(5-4-8-19)10-16(11)18-17(20)15-9-12(2)21-13(15)3/h6-7,9-10,19H,8H2,1-3H3,(H,18,20). The number of carbonyl (C=O) groups excluding carboxylic acids is 1. The zero-order chi connectivity index (χ0) is 15.4. The van der Waals surface area contributed by atoms with Crippen molar-refractivity contribution >= 4 is 11.6 Å². The summed E-state index contributed by atoms with van der Waals surface area (Å²) in [5.41, 5.74) is 2.91. The summed E-state index contributed by atoms with van der Waals surface area (Å²) < 4.78 is 5.37. The number of furan rings is 1. The van der Waals surface area contributed by atoms with Crippen molar-refractivity contribution in [1.29, 1.82) is 0 Å². The molecule has 1 heterocycles. The lowest BCUT2D eigenvalue weighted by Gasteiger charge is -2.08. The number of amides is 1. The molecule has 2 N–H and O–H groups in total. The summed E-state index contributed by atoms with van der Waals surface area (Å²) in [6.07, 6.45) is 0. The number of nitrogens with one attached hydrogen (secondary N) is 1. The van der Waals surface area contributed by atoms with Crippen LogP contribution in [0.25, 0.3) is 0 Å². The first-order chi connectivity index (χ1) is 10.0. The fourth-order valence-electron chi connectivity index (χ4n) is 2.02. The van der Waals surface area contributed by atoms with Gasteiger partial charge in [0.15, 0.2) is 0 Å². The predicted molar refractivity (Wildman–Crippen MR) is 81.3 cm³/mol. The van der Waals surface area contributed by atoms with E-state index in [2.05, 4.69) is 17.2 Å². The maximum atomic E-state index is 12.3. The normalized spacial score (nSPS) is 9.90. The molecular weight excluding hydrogens is 266 g/mol. The van der Waals surface area contributed by atoms with Gasteiger partial charge in [-0.25, -0.2) is 0 Å². The summed E-state index contributed by atoms with van der Waals surface area (Å²) >= 11 is 0. The molecule has 1 amide bonds. The molecule has 0 unspecified atom stereocenters. The first-order valence-electron chi connectivity index (χ1n) is 6.60. The number of aliphatic hydroxyl groups is 1. The van der Waals surface area contributed by atoms with Crippen LogP contribution < -0.4 is 5.32 Å². The molecule has 108 valence electrons. The molecule has 0 radical (unpaired) electrons. The van der Waals surface area contributed by atoms with Gasteiger partial charge in [-0.2, -0.15) is 0 Å². The Bertz CT molecular complexity index is 732. The zero-order valence-electron chi connectivity index (χ0n) is 12.3. The summed E-state index contributed by atoms with van der Waals surface area (Å²) in [5.74, 6) is 6.50. The van der Waals surface area contributed by atoms with Gasteiger partial charge in [-0.3, -0.25) is 4.79 Å². The smallest absolute Gasteiger partial charge is 0.259 e. The van der Waals surface area contributed by atoms with Gasteiger partial charge in [-0.15, -0.1) is 0 Å². The van der Waals surface area contributed by atoms with Gasteiger partial charge in [0, 0.05) is 11.3 Å². The van der Waals surface area contributed by atoms with Crippen LogP contribution >= 0.6 is 0 Å². The predicted octanol–water partition coefficient (Wildman–Crippen LogP) is 2.80. The number of aryl methyl sites for hydroxylation is 3. The fourth-order valence-corrected chi connectivity index (χ4v) is 2.02. The van der Waals surface area contributed by atoms with Crippen LogP contribution in [0.2, 0.25) is 0 Å². The lowest BCUT2D eigenvalue weighted by molar-refractivity contribution is 0.102. The highest BCUT2D eigenvalue weighted by Crippen LogP contribution is 2.20. The molecule has 0 spiro atoms. The highest BCUT2D eigenvalue weighted by molar-refractivity contribution is 6.05. The maximum absolute atomic E-state index is 12.3. The van der Waals surface area contributed by atoms with Crippen LogP contribution in [0.5, 0.6) is 0 Å². The second-order valence-electron chi connectivity index (χ2n) is 4.77. The minimum Gasteiger partial charge on any atom is -0.466 e. The molecule has 21 heavy (non-hydrogen) atoms. The monoisotopic (exact) mass is 283 g/mol. The summed E-state index contributed by atoms with van der Waals surface area (Å²) in [6.45, 7) is 5.29. The van der Waals surface area contributed by atoms with Gasteiger partial charge in [0.25, 0.3) is 5.91 Å². The van der Waals surface area contributed by atoms with Gasteiger partial charge in [0.1, 0.15) is 18.1 Å². The van der Waals surface area contributed by atoms with E-state index in [0.717, 1.165) is 11.1 Å². The van der Waals surface area contributed by atoms with Crippen molar-refractivity contribution in [2.24, 2.45) is 0 Å². The van der Waals surface area contributed by atoms with Crippen LogP contribution in [0.4, 0.5) is 5.69 Å². The quantitative estimate of drug-likeness (QED) is 0.833. The summed E-state index contributed by atoms with van der Waals surface area (Å²) in [7, 11) is 0. The third-order valence-corrected chi connectivity index (χ3v) is 3.08. The van der Waals surface area contributed by atoms with Gasteiger partial charge < -0.3 is 14.8 Å². The van der Waals surface area contributed by atoms with Crippen molar-refractivity contribution in [3.63, 3.8) is 0 Å². The van der Waals surface area contributed by atoms with E-state index in [4.69, 9.17) is 9.52 Å². The molecular formula is C17H17NO3. The molecule has 0 aliphatic carbocycles. The van der Waals surface area contributed by atoms with E-state index >= 15 is 0 Å². The lowest BCUT2D eigenvalue weighted by Crippen LogP contribution is -2.13. The largest absolute Gasteiger partial charge is 0.466 e. The van der Waals surface area contributed by atoms with Crippen LogP contribution in [0.1, 0.15) is 33.0 Å². The van der Waals surface area contributed by atoms with Gasteiger partial charge in [-0.1, -0.05) is 17.9 Å². The van der Waals surface area contributed by atoms with E-state index in [9.17, 15) is 4.79 Å². The second-order valence-corrected chi connectivity index (χ2v) is 4.77. The molecule has 2 aromatic rings. The number of rotatable bonds is 2. The van der Waals surface area contributed by atoms with E-state index in [1.807, 2.05) is 19.1 Å². The average Bonchev–Trinajstić information content (AvgIpc) is 2.78. The molecule has 0 atom stereocenters. The molecule has 0 fully saturated rings. The molecule has 0 saturated heterocycles. The highest BCUT2D eigenvalue weighted by atomic mass is 16.3. The molecule has 1 aromatic heterocycles. The van der Waals surface area contributed by atoms with Crippen molar-refractivity contribution < 1.29 is 14.3 Å². The second kappa shape index (κ2) is 6.29. The number of aliphatic hydroxyl groups excluding tert-OH is 1.